The highest BCUT2D eigenvalue weighted by molar-refractivity contribution is 5.89. The zero-order valence-electron chi connectivity index (χ0n) is 17.1. The Bertz CT molecular complexity index is 798. The van der Waals surface area contributed by atoms with Gasteiger partial charge in [0.2, 0.25) is 17.8 Å². The number of amides is 2. The van der Waals surface area contributed by atoms with Gasteiger partial charge in [-0.05, 0) is 31.6 Å². The fourth-order valence-corrected chi connectivity index (χ4v) is 5.76. The van der Waals surface area contributed by atoms with E-state index in [0.29, 0.717) is 45.2 Å². The van der Waals surface area contributed by atoms with E-state index in [4.69, 9.17) is 4.74 Å². The third-order valence-corrected chi connectivity index (χ3v) is 7.02. The molecule has 4 saturated heterocycles. The van der Waals surface area contributed by atoms with Gasteiger partial charge in [0.15, 0.2) is 5.82 Å². The largest absolute Gasteiger partial charge is 0.380 e. The molecule has 1 aromatic rings. The Morgan fingerprint density at radius 3 is 2.73 bits per heavy atom. The molecule has 5 heterocycles. The van der Waals surface area contributed by atoms with E-state index in [1.54, 1.807) is 0 Å². The highest BCUT2D eigenvalue weighted by atomic mass is 19.1. The van der Waals surface area contributed by atoms with Crippen LogP contribution in [0.4, 0.5) is 10.3 Å². The summed E-state index contributed by atoms with van der Waals surface area (Å²) in [6.45, 7) is 3.78. The van der Waals surface area contributed by atoms with Crippen molar-refractivity contribution in [3.8, 4) is 0 Å². The number of anilines is 1. The smallest absolute Gasteiger partial charge is 0.245 e. The summed E-state index contributed by atoms with van der Waals surface area (Å²) < 4.78 is 18.8. The Labute approximate surface area is 175 Å². The molecular weight excluding hydrogens is 389 g/mol. The number of carbonyl (C=O) groups is 2. The fraction of sp³-hybridized carbons (Fsp3) is 0.714. The number of rotatable bonds is 2. The number of hydrogen-bond acceptors (Lipinski definition) is 6. The summed E-state index contributed by atoms with van der Waals surface area (Å²) in [5, 5.41) is 0. The van der Waals surface area contributed by atoms with Crippen LogP contribution >= 0.6 is 0 Å². The molecular formula is C21H28FN5O3. The van der Waals surface area contributed by atoms with Crippen LogP contribution in [-0.2, 0) is 14.3 Å². The lowest BCUT2D eigenvalue weighted by Crippen LogP contribution is -2.68. The van der Waals surface area contributed by atoms with Gasteiger partial charge in [0.05, 0.1) is 19.0 Å². The highest BCUT2D eigenvalue weighted by Gasteiger charge is 2.53. The molecule has 4 aliphatic rings. The monoisotopic (exact) mass is 417 g/mol. The molecule has 2 bridgehead atoms. The number of hydrogen-bond donors (Lipinski definition) is 0. The van der Waals surface area contributed by atoms with Crippen molar-refractivity contribution >= 4 is 17.8 Å². The number of halogens is 1. The lowest BCUT2D eigenvalue weighted by atomic mass is 9.71. The molecule has 0 aliphatic carbocycles. The zero-order chi connectivity index (χ0) is 20.7. The van der Waals surface area contributed by atoms with Crippen molar-refractivity contribution in [2.45, 2.75) is 44.2 Å². The first-order valence-corrected chi connectivity index (χ1v) is 11.0. The molecule has 4 atom stereocenters. The second-order valence-electron chi connectivity index (χ2n) is 8.86. The normalized spacial score (nSPS) is 31.9. The maximum Gasteiger partial charge on any atom is 0.245 e. The molecule has 0 saturated carbocycles. The van der Waals surface area contributed by atoms with Crippen LogP contribution in [0.3, 0.4) is 0 Å². The molecule has 0 spiro atoms. The molecule has 9 heteroatoms. The summed E-state index contributed by atoms with van der Waals surface area (Å²) in [6, 6.07) is -0.372. The van der Waals surface area contributed by atoms with Gasteiger partial charge in [0.1, 0.15) is 6.04 Å². The van der Waals surface area contributed by atoms with Gasteiger partial charge in [-0.1, -0.05) is 0 Å². The van der Waals surface area contributed by atoms with E-state index in [2.05, 4.69) is 14.9 Å². The lowest BCUT2D eigenvalue weighted by molar-refractivity contribution is -0.161. The summed E-state index contributed by atoms with van der Waals surface area (Å²) >= 11 is 0. The van der Waals surface area contributed by atoms with Crippen LogP contribution in [0.1, 0.15) is 32.1 Å². The van der Waals surface area contributed by atoms with Crippen LogP contribution in [0, 0.1) is 17.7 Å². The first-order valence-electron chi connectivity index (χ1n) is 11.0. The molecule has 162 valence electrons. The van der Waals surface area contributed by atoms with E-state index >= 15 is 0 Å². The third-order valence-electron chi connectivity index (χ3n) is 7.02. The summed E-state index contributed by atoms with van der Waals surface area (Å²) in [4.78, 5) is 40.9. The van der Waals surface area contributed by atoms with Crippen LogP contribution < -0.4 is 4.90 Å². The first kappa shape index (κ1) is 19.7. The van der Waals surface area contributed by atoms with Crippen molar-refractivity contribution in [3.05, 3.63) is 18.2 Å². The molecule has 5 rings (SSSR count). The predicted octanol–water partition coefficient (Wildman–Crippen LogP) is 1.07. The second kappa shape index (κ2) is 8.09. The number of ether oxygens (including phenoxy) is 1. The van der Waals surface area contributed by atoms with Crippen LogP contribution in [0.15, 0.2) is 12.4 Å². The van der Waals surface area contributed by atoms with Crippen molar-refractivity contribution in [1.29, 1.82) is 0 Å². The van der Waals surface area contributed by atoms with Crippen LogP contribution in [0.5, 0.6) is 0 Å². The number of fused-ring (bicyclic) bond motifs is 4. The van der Waals surface area contributed by atoms with Gasteiger partial charge in [-0.3, -0.25) is 9.59 Å². The molecule has 0 N–H and O–H groups in total. The third kappa shape index (κ3) is 3.53. The average Bonchev–Trinajstić information content (AvgIpc) is 3.04. The second-order valence-corrected chi connectivity index (χ2v) is 8.86. The molecule has 30 heavy (non-hydrogen) atoms. The van der Waals surface area contributed by atoms with Gasteiger partial charge in [-0.2, -0.15) is 0 Å². The van der Waals surface area contributed by atoms with Crippen LogP contribution in [0.25, 0.3) is 0 Å². The van der Waals surface area contributed by atoms with Gasteiger partial charge >= 0.3 is 0 Å². The van der Waals surface area contributed by atoms with E-state index in [9.17, 15) is 14.0 Å². The minimum absolute atomic E-state index is 0.0207. The number of aromatic nitrogens is 2. The Morgan fingerprint density at radius 2 is 1.90 bits per heavy atom. The Morgan fingerprint density at radius 1 is 1.10 bits per heavy atom. The molecule has 4 aliphatic heterocycles. The minimum Gasteiger partial charge on any atom is -0.380 e. The Balaban J connectivity index is 1.45. The first-order chi connectivity index (χ1) is 14.6. The van der Waals surface area contributed by atoms with Crippen molar-refractivity contribution < 1.29 is 18.7 Å². The predicted molar refractivity (Wildman–Crippen MR) is 106 cm³/mol. The summed E-state index contributed by atoms with van der Waals surface area (Å²) in [5.74, 6) is 0.487. The maximum absolute atomic E-state index is 13.7. The van der Waals surface area contributed by atoms with E-state index in [-0.39, 0.29) is 29.7 Å². The molecule has 2 amide bonds. The van der Waals surface area contributed by atoms with Gasteiger partial charge in [-0.15, -0.1) is 0 Å². The number of nitrogens with zero attached hydrogens (tertiary/aromatic N) is 5. The maximum atomic E-state index is 13.7. The van der Waals surface area contributed by atoms with E-state index in [1.165, 1.54) is 12.4 Å². The molecule has 4 fully saturated rings. The van der Waals surface area contributed by atoms with Gasteiger partial charge in [0.25, 0.3) is 0 Å². The zero-order valence-corrected chi connectivity index (χ0v) is 17.1. The number of piperidine rings is 3. The summed E-state index contributed by atoms with van der Waals surface area (Å²) in [7, 11) is 0. The van der Waals surface area contributed by atoms with Gasteiger partial charge in [0, 0.05) is 51.2 Å². The molecule has 0 unspecified atom stereocenters. The topological polar surface area (TPSA) is 78.9 Å². The fourth-order valence-electron chi connectivity index (χ4n) is 5.76. The Hall–Kier alpha value is -2.29. The average molecular weight is 417 g/mol. The highest BCUT2D eigenvalue weighted by Crippen LogP contribution is 2.42. The van der Waals surface area contributed by atoms with Crippen LogP contribution in [0.2, 0.25) is 0 Å². The van der Waals surface area contributed by atoms with Gasteiger partial charge in [-0.25, -0.2) is 14.4 Å². The van der Waals surface area contributed by atoms with Crippen molar-refractivity contribution in [2.24, 2.45) is 11.8 Å². The van der Waals surface area contributed by atoms with Crippen LogP contribution in [-0.4, -0.2) is 83.1 Å². The van der Waals surface area contributed by atoms with Gasteiger partial charge < -0.3 is 19.4 Å². The van der Waals surface area contributed by atoms with E-state index < -0.39 is 11.9 Å². The quantitative estimate of drug-likeness (QED) is 0.716. The molecule has 0 aromatic carbocycles. The summed E-state index contributed by atoms with van der Waals surface area (Å²) in [6.07, 6.45) is 6.42. The number of carbonyl (C=O) groups excluding carboxylic acids is 2. The van der Waals surface area contributed by atoms with Crippen molar-refractivity contribution in [2.75, 3.05) is 44.3 Å². The molecule has 8 nitrogen and oxygen atoms in total. The molecule has 0 radical (unpaired) electrons. The standard InChI is InChI=1S/C21H28FN5O3/c22-16-10-23-21(24-11-16)26-12-14-9-15(13-26)19(27-17(14)3-1-4-18(27)28)20(29)25-5-2-7-30-8-6-25/h10-11,14-15,17,19H,1-9,12-13H2/t14-,15+,17-,19+/m0/s1. The SMILES string of the molecule is O=C([C@H]1[C@@H]2C[C@@H](CN(c3ncc(F)cn3)C2)[C@@H]2CCCC(=O)N21)N1CCCOCC1. The minimum atomic E-state index is -0.462. The van der Waals surface area contributed by atoms with E-state index in [1.807, 2.05) is 9.80 Å². The van der Waals surface area contributed by atoms with Crippen molar-refractivity contribution in [3.63, 3.8) is 0 Å². The molecule has 1 aromatic heterocycles. The Kier molecular flexibility index (Phi) is 5.30. The lowest BCUT2D eigenvalue weighted by Gasteiger charge is -2.56. The van der Waals surface area contributed by atoms with Crippen molar-refractivity contribution in [1.82, 2.24) is 19.8 Å². The van der Waals surface area contributed by atoms with E-state index in [0.717, 1.165) is 32.2 Å². The summed E-state index contributed by atoms with van der Waals surface area (Å²) in [5.41, 5.74) is 0.